The maximum absolute atomic E-state index is 13.2. The number of carbonyl (C=O) groups excluding carboxylic acids is 1. The van der Waals surface area contributed by atoms with Gasteiger partial charge in [0.2, 0.25) is 0 Å². The van der Waals surface area contributed by atoms with Gasteiger partial charge in [0.25, 0.3) is 5.91 Å². The number of amides is 1. The number of aromatic nitrogens is 3. The van der Waals surface area contributed by atoms with Crippen molar-refractivity contribution in [3.05, 3.63) is 54.0 Å². The summed E-state index contributed by atoms with van der Waals surface area (Å²) >= 11 is 0. The Kier molecular flexibility index (Phi) is 2.49. The van der Waals surface area contributed by atoms with Crippen molar-refractivity contribution < 1.29 is 9.18 Å². The molecule has 0 saturated heterocycles. The van der Waals surface area contributed by atoms with Crippen LogP contribution in [0.5, 0.6) is 0 Å². The van der Waals surface area contributed by atoms with Crippen LogP contribution in [0, 0.1) is 5.82 Å². The van der Waals surface area contributed by atoms with E-state index in [9.17, 15) is 9.18 Å². The summed E-state index contributed by atoms with van der Waals surface area (Å²) in [7, 11) is 0. The highest BCUT2D eigenvalue weighted by atomic mass is 19.1. The monoisotopic (exact) mass is 256 g/mol. The summed E-state index contributed by atoms with van der Waals surface area (Å²) in [6, 6.07) is 9.17. The molecule has 0 atom stereocenters. The van der Waals surface area contributed by atoms with Gasteiger partial charge in [-0.3, -0.25) is 4.79 Å². The van der Waals surface area contributed by atoms with E-state index in [0.29, 0.717) is 17.0 Å². The van der Waals surface area contributed by atoms with E-state index < -0.39 is 5.91 Å². The van der Waals surface area contributed by atoms with Crippen LogP contribution in [0.1, 0.15) is 10.4 Å². The predicted octanol–water partition coefficient (Wildman–Crippen LogP) is 1.63. The number of rotatable bonds is 2. The minimum atomic E-state index is -0.580. The van der Waals surface area contributed by atoms with E-state index in [4.69, 9.17) is 5.73 Å². The molecule has 0 aliphatic rings. The molecule has 5 nitrogen and oxygen atoms in total. The first-order chi connectivity index (χ1) is 9.15. The molecular weight excluding hydrogens is 247 g/mol. The lowest BCUT2D eigenvalue weighted by atomic mass is 10.2. The van der Waals surface area contributed by atoms with E-state index in [1.165, 1.54) is 16.6 Å². The van der Waals surface area contributed by atoms with Crippen molar-refractivity contribution in [2.45, 2.75) is 0 Å². The molecule has 1 aromatic carbocycles. The number of nitrogens with two attached hydrogens (primary N) is 1. The van der Waals surface area contributed by atoms with Gasteiger partial charge in [-0.2, -0.15) is 0 Å². The molecule has 3 rings (SSSR count). The molecule has 0 fully saturated rings. The summed E-state index contributed by atoms with van der Waals surface area (Å²) in [6.45, 7) is 0. The number of hydrogen-bond acceptors (Lipinski definition) is 3. The van der Waals surface area contributed by atoms with Crippen LogP contribution in [0.25, 0.3) is 17.0 Å². The molecule has 1 amide bonds. The average Bonchev–Trinajstić information content (AvgIpc) is 2.82. The topological polar surface area (TPSA) is 73.3 Å². The second-order valence-electron chi connectivity index (χ2n) is 4.00. The predicted molar refractivity (Wildman–Crippen MR) is 66.9 cm³/mol. The molecule has 0 aliphatic heterocycles. The van der Waals surface area contributed by atoms with Gasteiger partial charge in [0.1, 0.15) is 5.82 Å². The van der Waals surface area contributed by atoms with Crippen molar-refractivity contribution >= 4 is 11.6 Å². The van der Waals surface area contributed by atoms with Crippen molar-refractivity contribution in [3.63, 3.8) is 0 Å². The molecule has 0 radical (unpaired) electrons. The fourth-order valence-electron chi connectivity index (χ4n) is 1.85. The average molecular weight is 256 g/mol. The minimum absolute atomic E-state index is 0.276. The minimum Gasteiger partial charge on any atom is -0.365 e. The summed E-state index contributed by atoms with van der Waals surface area (Å²) in [5, 5.41) is 4.20. The second-order valence-corrected chi connectivity index (χ2v) is 4.00. The van der Waals surface area contributed by atoms with E-state index in [1.807, 2.05) is 0 Å². The summed E-state index contributed by atoms with van der Waals surface area (Å²) in [4.78, 5) is 15.5. The van der Waals surface area contributed by atoms with Gasteiger partial charge in [-0.15, -0.1) is 5.10 Å². The van der Waals surface area contributed by atoms with Gasteiger partial charge < -0.3 is 5.73 Å². The molecule has 6 heteroatoms. The fraction of sp³-hybridized carbons (Fsp3) is 0. The highest BCUT2D eigenvalue weighted by molar-refractivity contribution is 5.98. The van der Waals surface area contributed by atoms with Gasteiger partial charge in [0.15, 0.2) is 11.5 Å². The lowest BCUT2D eigenvalue weighted by molar-refractivity contribution is 0.100. The van der Waals surface area contributed by atoms with Gasteiger partial charge in [-0.1, -0.05) is 12.1 Å². The first-order valence-corrected chi connectivity index (χ1v) is 5.56. The number of fused-ring (bicyclic) bond motifs is 1. The first-order valence-electron chi connectivity index (χ1n) is 5.56. The van der Waals surface area contributed by atoms with Crippen molar-refractivity contribution in [1.82, 2.24) is 14.6 Å². The van der Waals surface area contributed by atoms with Crippen LogP contribution in [0.4, 0.5) is 4.39 Å². The zero-order chi connectivity index (χ0) is 13.4. The van der Waals surface area contributed by atoms with Crippen LogP contribution in [-0.2, 0) is 0 Å². The van der Waals surface area contributed by atoms with E-state index >= 15 is 0 Å². The van der Waals surface area contributed by atoms with E-state index in [1.54, 1.807) is 30.5 Å². The highest BCUT2D eigenvalue weighted by Gasteiger charge is 2.12. The van der Waals surface area contributed by atoms with E-state index in [-0.39, 0.29) is 11.4 Å². The molecular formula is C13H9FN4O. The standard InChI is InChI=1S/C13H9FN4O/c14-9-4-1-3-8(7-9)12-16-13-10(11(15)19)5-2-6-18(13)17-12/h1-7H,(H2,15,19). The smallest absolute Gasteiger partial charge is 0.252 e. The summed E-state index contributed by atoms with van der Waals surface area (Å²) in [5.74, 6) is -0.608. The molecule has 0 bridgehead atoms. The Bertz CT molecular complexity index is 781. The molecule has 19 heavy (non-hydrogen) atoms. The van der Waals surface area contributed by atoms with E-state index in [2.05, 4.69) is 10.1 Å². The Morgan fingerprint density at radius 1 is 1.26 bits per heavy atom. The molecule has 0 saturated carbocycles. The maximum atomic E-state index is 13.2. The van der Waals surface area contributed by atoms with Crippen molar-refractivity contribution in [2.24, 2.45) is 5.73 Å². The molecule has 94 valence electrons. The largest absolute Gasteiger partial charge is 0.365 e. The molecule has 2 heterocycles. The van der Waals surface area contributed by atoms with Gasteiger partial charge in [0, 0.05) is 11.8 Å². The lowest BCUT2D eigenvalue weighted by Crippen LogP contribution is -2.12. The SMILES string of the molecule is NC(=O)c1cccn2nc(-c3cccc(F)c3)nc12. The number of halogens is 1. The normalized spacial score (nSPS) is 10.8. The Labute approximate surface area is 107 Å². The molecule has 2 aromatic heterocycles. The number of primary amides is 1. The number of carbonyl (C=O) groups is 1. The Balaban J connectivity index is 2.22. The number of nitrogens with zero attached hydrogens (tertiary/aromatic N) is 3. The third kappa shape index (κ3) is 1.93. The zero-order valence-electron chi connectivity index (χ0n) is 9.75. The third-order valence-corrected chi connectivity index (χ3v) is 2.71. The molecule has 0 aliphatic carbocycles. The van der Waals surface area contributed by atoms with Gasteiger partial charge in [-0.25, -0.2) is 13.9 Å². The van der Waals surface area contributed by atoms with Crippen molar-refractivity contribution in [2.75, 3.05) is 0 Å². The maximum Gasteiger partial charge on any atom is 0.252 e. The molecule has 0 unspecified atom stereocenters. The molecule has 0 spiro atoms. The Morgan fingerprint density at radius 3 is 2.84 bits per heavy atom. The van der Waals surface area contributed by atoms with Gasteiger partial charge >= 0.3 is 0 Å². The van der Waals surface area contributed by atoms with Crippen LogP contribution in [0.2, 0.25) is 0 Å². The van der Waals surface area contributed by atoms with Crippen LogP contribution in [-0.4, -0.2) is 20.5 Å². The van der Waals surface area contributed by atoms with Crippen molar-refractivity contribution in [1.29, 1.82) is 0 Å². The summed E-state index contributed by atoms with van der Waals surface area (Å²) in [6.07, 6.45) is 1.65. The Hall–Kier alpha value is -2.76. The van der Waals surface area contributed by atoms with Crippen LogP contribution in [0.15, 0.2) is 42.6 Å². The van der Waals surface area contributed by atoms with Gasteiger partial charge in [0.05, 0.1) is 5.56 Å². The summed E-state index contributed by atoms with van der Waals surface area (Å²) < 4.78 is 14.6. The lowest BCUT2D eigenvalue weighted by Gasteiger charge is -1.95. The van der Waals surface area contributed by atoms with Crippen molar-refractivity contribution in [3.8, 4) is 11.4 Å². The van der Waals surface area contributed by atoms with Crippen LogP contribution in [0.3, 0.4) is 0 Å². The van der Waals surface area contributed by atoms with Crippen LogP contribution >= 0.6 is 0 Å². The quantitative estimate of drug-likeness (QED) is 0.757. The fourth-order valence-corrected chi connectivity index (χ4v) is 1.85. The number of pyridine rings is 1. The third-order valence-electron chi connectivity index (χ3n) is 2.71. The highest BCUT2D eigenvalue weighted by Crippen LogP contribution is 2.18. The first kappa shape index (κ1) is 11.3. The molecule has 2 N–H and O–H groups in total. The summed E-state index contributed by atoms with van der Waals surface area (Å²) in [5.41, 5.74) is 6.44. The molecule has 3 aromatic rings. The number of hydrogen-bond donors (Lipinski definition) is 1. The zero-order valence-corrected chi connectivity index (χ0v) is 9.75. The Morgan fingerprint density at radius 2 is 2.11 bits per heavy atom. The van der Waals surface area contributed by atoms with Gasteiger partial charge in [-0.05, 0) is 24.3 Å². The van der Waals surface area contributed by atoms with E-state index in [0.717, 1.165) is 0 Å². The second kappa shape index (κ2) is 4.16. The number of benzene rings is 1. The van der Waals surface area contributed by atoms with Crippen LogP contribution < -0.4 is 5.73 Å².